The number of hydrogen-bond acceptors (Lipinski definition) is 5. The second-order valence-corrected chi connectivity index (χ2v) is 8.01. The lowest BCUT2D eigenvalue weighted by atomic mass is 10.1. The van der Waals surface area contributed by atoms with Gasteiger partial charge in [-0.1, -0.05) is 24.3 Å². The number of fused-ring (bicyclic) bond motifs is 2. The van der Waals surface area contributed by atoms with Gasteiger partial charge in [-0.15, -0.1) is 0 Å². The molecule has 5 rings (SSSR count). The third kappa shape index (κ3) is 3.50. The van der Waals surface area contributed by atoms with Crippen LogP contribution in [0.1, 0.15) is 42.5 Å². The molecule has 7 nitrogen and oxygen atoms in total. The molecule has 0 bridgehead atoms. The summed E-state index contributed by atoms with van der Waals surface area (Å²) in [4.78, 5) is 25.8. The Morgan fingerprint density at radius 1 is 1.00 bits per heavy atom. The number of methoxy groups -OCH3 is 2. The van der Waals surface area contributed by atoms with Crippen molar-refractivity contribution in [3.05, 3.63) is 64.1 Å². The van der Waals surface area contributed by atoms with E-state index in [2.05, 4.69) is 11.4 Å². The molecule has 160 valence electrons. The molecule has 0 saturated heterocycles. The maximum absolute atomic E-state index is 13.0. The Kier molecular flexibility index (Phi) is 4.81. The summed E-state index contributed by atoms with van der Waals surface area (Å²) in [7, 11) is 3.05. The zero-order chi connectivity index (χ0) is 21.5. The van der Waals surface area contributed by atoms with E-state index in [1.54, 1.807) is 22.9 Å². The van der Waals surface area contributed by atoms with Crippen LogP contribution in [0.2, 0.25) is 0 Å². The molecule has 2 aliphatic carbocycles. The van der Waals surface area contributed by atoms with Crippen molar-refractivity contribution < 1.29 is 19.0 Å². The third-order valence-electron chi connectivity index (χ3n) is 6.08. The maximum Gasteiger partial charge on any atom is 0.413 e. The number of hydrogen-bond donors (Lipinski definition) is 1. The molecular formula is C24H24N2O5. The number of nitrogens with one attached hydrogen (secondary N) is 1. The van der Waals surface area contributed by atoms with Crippen LogP contribution < -0.4 is 25.1 Å². The number of aromatic nitrogens is 1. The summed E-state index contributed by atoms with van der Waals surface area (Å²) in [6.45, 7) is 0. The van der Waals surface area contributed by atoms with Crippen molar-refractivity contribution >= 4 is 16.9 Å². The van der Waals surface area contributed by atoms with Gasteiger partial charge in [0.25, 0.3) is 5.56 Å². The van der Waals surface area contributed by atoms with E-state index in [-0.39, 0.29) is 17.6 Å². The van der Waals surface area contributed by atoms with Crippen molar-refractivity contribution in [2.24, 2.45) is 0 Å². The molecule has 1 N–H and O–H groups in total. The van der Waals surface area contributed by atoms with Crippen molar-refractivity contribution in [2.45, 2.75) is 37.8 Å². The first-order valence-electron chi connectivity index (χ1n) is 10.5. The number of nitrogens with zero attached hydrogens (tertiary/aromatic N) is 1. The topological polar surface area (TPSA) is 78.8 Å². The SMILES string of the molecule is COc1cc2c(OC(=O)NC3CCc4ccccc43)cn(C3CC3)c(=O)c2cc1OC. The Morgan fingerprint density at radius 3 is 2.42 bits per heavy atom. The van der Waals surface area contributed by atoms with Crippen LogP contribution in [0.4, 0.5) is 4.79 Å². The summed E-state index contributed by atoms with van der Waals surface area (Å²) < 4.78 is 18.2. The number of benzene rings is 2. The maximum atomic E-state index is 13.0. The molecular weight excluding hydrogens is 396 g/mol. The summed E-state index contributed by atoms with van der Waals surface area (Å²) >= 11 is 0. The molecule has 31 heavy (non-hydrogen) atoms. The number of aryl methyl sites for hydroxylation is 1. The largest absolute Gasteiger partial charge is 0.493 e. The van der Waals surface area contributed by atoms with Crippen LogP contribution in [0.25, 0.3) is 10.8 Å². The van der Waals surface area contributed by atoms with Crippen molar-refractivity contribution in [1.29, 1.82) is 0 Å². The van der Waals surface area contributed by atoms with Gasteiger partial charge in [-0.05, 0) is 48.9 Å². The summed E-state index contributed by atoms with van der Waals surface area (Å²) in [5.74, 6) is 1.25. The van der Waals surface area contributed by atoms with Crippen LogP contribution >= 0.6 is 0 Å². The highest BCUT2D eigenvalue weighted by Crippen LogP contribution is 2.39. The molecule has 1 atom stereocenters. The average Bonchev–Trinajstić information content (AvgIpc) is 3.56. The highest BCUT2D eigenvalue weighted by molar-refractivity contribution is 5.92. The second-order valence-electron chi connectivity index (χ2n) is 8.01. The van der Waals surface area contributed by atoms with Gasteiger partial charge in [0.15, 0.2) is 17.2 Å². The number of carbonyl (C=O) groups is 1. The molecule has 2 aromatic carbocycles. The van der Waals surface area contributed by atoms with Crippen LogP contribution in [0.15, 0.2) is 47.4 Å². The fourth-order valence-electron chi connectivity index (χ4n) is 4.34. The molecule has 1 amide bonds. The van der Waals surface area contributed by atoms with E-state index in [9.17, 15) is 9.59 Å². The molecule has 0 spiro atoms. The van der Waals surface area contributed by atoms with E-state index in [1.165, 1.54) is 19.8 Å². The second kappa shape index (κ2) is 7.65. The third-order valence-corrected chi connectivity index (χ3v) is 6.08. The number of amides is 1. The Bertz CT molecular complexity index is 1230. The first-order valence-corrected chi connectivity index (χ1v) is 10.5. The van der Waals surface area contributed by atoms with Gasteiger partial charge in [0.05, 0.1) is 31.8 Å². The lowest BCUT2D eigenvalue weighted by Gasteiger charge is -2.17. The van der Waals surface area contributed by atoms with Gasteiger partial charge in [-0.25, -0.2) is 4.79 Å². The Labute approximate surface area is 179 Å². The molecule has 7 heteroatoms. The lowest BCUT2D eigenvalue weighted by Crippen LogP contribution is -2.30. The summed E-state index contributed by atoms with van der Waals surface area (Å²) in [5.41, 5.74) is 2.24. The molecule has 2 aliphatic rings. The van der Waals surface area contributed by atoms with Crippen molar-refractivity contribution in [2.75, 3.05) is 14.2 Å². The smallest absolute Gasteiger partial charge is 0.413 e. The fraction of sp³-hybridized carbons (Fsp3) is 0.333. The Hall–Kier alpha value is -3.48. The van der Waals surface area contributed by atoms with Crippen LogP contribution in [0, 0.1) is 0 Å². The Balaban J connectivity index is 1.50. The summed E-state index contributed by atoms with van der Waals surface area (Å²) in [6, 6.07) is 11.5. The normalized spacial score (nSPS) is 17.3. The number of rotatable bonds is 5. The van der Waals surface area contributed by atoms with E-state index in [0.29, 0.717) is 28.0 Å². The number of ether oxygens (including phenoxy) is 3. The van der Waals surface area contributed by atoms with Crippen molar-refractivity contribution in [3.8, 4) is 17.2 Å². The van der Waals surface area contributed by atoms with E-state index < -0.39 is 6.09 Å². The van der Waals surface area contributed by atoms with E-state index in [0.717, 1.165) is 31.2 Å². The van der Waals surface area contributed by atoms with Gasteiger partial charge in [0.2, 0.25) is 0 Å². The van der Waals surface area contributed by atoms with Gasteiger partial charge < -0.3 is 24.1 Å². The van der Waals surface area contributed by atoms with Crippen LogP contribution in [-0.2, 0) is 6.42 Å². The molecule has 0 aliphatic heterocycles. The highest BCUT2D eigenvalue weighted by atomic mass is 16.6. The van der Waals surface area contributed by atoms with Gasteiger partial charge in [0, 0.05) is 11.4 Å². The average molecular weight is 420 g/mol. The van der Waals surface area contributed by atoms with Gasteiger partial charge >= 0.3 is 6.09 Å². The molecule has 3 aromatic rings. The van der Waals surface area contributed by atoms with Crippen LogP contribution in [0.5, 0.6) is 17.2 Å². The van der Waals surface area contributed by atoms with Crippen LogP contribution in [0.3, 0.4) is 0 Å². The quantitative estimate of drug-likeness (QED) is 0.672. The van der Waals surface area contributed by atoms with Crippen molar-refractivity contribution in [3.63, 3.8) is 0 Å². The number of carbonyl (C=O) groups excluding carboxylic acids is 1. The summed E-state index contributed by atoms with van der Waals surface area (Å²) in [6.07, 6.45) is 4.72. The zero-order valence-corrected chi connectivity index (χ0v) is 17.5. The van der Waals surface area contributed by atoms with Crippen LogP contribution in [-0.4, -0.2) is 24.9 Å². The van der Waals surface area contributed by atoms with Crippen molar-refractivity contribution in [1.82, 2.24) is 9.88 Å². The fourth-order valence-corrected chi connectivity index (χ4v) is 4.34. The molecule has 1 saturated carbocycles. The minimum Gasteiger partial charge on any atom is -0.493 e. The summed E-state index contributed by atoms with van der Waals surface area (Å²) in [5, 5.41) is 3.92. The first-order chi connectivity index (χ1) is 15.1. The predicted octanol–water partition coefficient (Wildman–Crippen LogP) is 4.13. The first kappa shape index (κ1) is 19.5. The molecule has 0 radical (unpaired) electrons. The monoisotopic (exact) mass is 420 g/mol. The predicted molar refractivity (Wildman–Crippen MR) is 116 cm³/mol. The number of pyridine rings is 1. The van der Waals surface area contributed by atoms with E-state index in [1.807, 2.05) is 18.2 Å². The molecule has 1 heterocycles. The van der Waals surface area contributed by atoms with Gasteiger partial charge in [-0.3, -0.25) is 4.79 Å². The minimum atomic E-state index is -0.543. The van der Waals surface area contributed by atoms with Gasteiger partial charge in [-0.2, -0.15) is 0 Å². The zero-order valence-electron chi connectivity index (χ0n) is 17.5. The standard InChI is InChI=1S/C24H24N2O5/c1-29-20-11-17-18(12-21(20)30-2)23(27)26(15-8-9-15)13-22(17)31-24(28)25-19-10-7-14-5-3-4-6-16(14)19/h3-6,11-13,15,19H,7-10H2,1-2H3,(H,25,28). The minimum absolute atomic E-state index is 0.0843. The molecule has 1 aromatic heterocycles. The van der Waals surface area contributed by atoms with Gasteiger partial charge in [0.1, 0.15) is 0 Å². The highest BCUT2D eigenvalue weighted by Gasteiger charge is 2.28. The molecule has 1 unspecified atom stereocenters. The van der Waals surface area contributed by atoms with E-state index in [4.69, 9.17) is 14.2 Å². The molecule has 1 fully saturated rings. The van der Waals surface area contributed by atoms with E-state index >= 15 is 0 Å². The lowest BCUT2D eigenvalue weighted by molar-refractivity contribution is 0.196. The Morgan fingerprint density at radius 2 is 1.71 bits per heavy atom.